The molecule has 0 aliphatic carbocycles. The van der Waals surface area contributed by atoms with Crippen molar-refractivity contribution in [2.75, 3.05) is 0 Å². The van der Waals surface area contributed by atoms with Crippen LogP contribution in [0.4, 0.5) is 0 Å². The van der Waals surface area contributed by atoms with E-state index in [1.54, 1.807) is 13.8 Å². The summed E-state index contributed by atoms with van der Waals surface area (Å²) >= 11 is 0. The van der Waals surface area contributed by atoms with Gasteiger partial charge in [-0.1, -0.05) is 0 Å². The molecule has 0 aromatic heterocycles. The fourth-order valence-electron chi connectivity index (χ4n) is 0.854. The maximum atomic E-state index is 10.3. The molecule has 0 saturated heterocycles. The van der Waals surface area contributed by atoms with Crippen molar-refractivity contribution in [1.82, 2.24) is 0 Å². The highest BCUT2D eigenvalue weighted by molar-refractivity contribution is 5.74. The molecule has 0 heterocycles. The van der Waals surface area contributed by atoms with Crippen molar-refractivity contribution < 1.29 is 15.0 Å². The summed E-state index contributed by atoms with van der Waals surface area (Å²) in [6.07, 6.45) is 0.0955. The zero-order chi connectivity index (χ0) is 9.78. The van der Waals surface area contributed by atoms with Gasteiger partial charge in [-0.25, -0.2) is 0 Å². The number of rotatable bonds is 5. The number of primary amides is 1. The van der Waals surface area contributed by atoms with Crippen molar-refractivity contribution in [2.24, 2.45) is 5.73 Å². The quantitative estimate of drug-likeness (QED) is 0.540. The summed E-state index contributed by atoms with van der Waals surface area (Å²) in [5.41, 5.74) is 4.08. The summed E-state index contributed by atoms with van der Waals surface area (Å²) in [5.74, 6) is -0.516. The number of aliphatic hydroxyl groups excluding tert-OH is 1. The fourth-order valence-corrected chi connectivity index (χ4v) is 0.854. The van der Waals surface area contributed by atoms with Gasteiger partial charge in [0.05, 0.1) is 18.1 Å². The minimum Gasteiger partial charge on any atom is -0.393 e. The normalized spacial score (nSPS) is 14.3. The molecule has 0 aromatic rings. The van der Waals surface area contributed by atoms with E-state index in [-0.39, 0.29) is 6.42 Å². The average molecular weight is 175 g/mol. The van der Waals surface area contributed by atoms with E-state index in [0.717, 1.165) is 0 Å². The predicted molar refractivity (Wildman–Crippen MR) is 45.4 cm³/mol. The number of aliphatic hydroxyl groups is 2. The van der Waals surface area contributed by atoms with E-state index in [1.807, 2.05) is 0 Å². The third kappa shape index (κ3) is 7.50. The molecule has 0 radical (unpaired) electrons. The van der Waals surface area contributed by atoms with E-state index in [1.165, 1.54) is 0 Å². The van der Waals surface area contributed by atoms with Gasteiger partial charge in [0.15, 0.2) is 0 Å². The second-order valence-corrected chi connectivity index (χ2v) is 3.68. The van der Waals surface area contributed by atoms with Crippen molar-refractivity contribution in [3.05, 3.63) is 0 Å². The highest BCUT2D eigenvalue weighted by atomic mass is 16.3. The largest absolute Gasteiger partial charge is 0.393 e. The number of amides is 1. The highest BCUT2D eigenvalue weighted by Gasteiger charge is 2.16. The third-order valence-electron chi connectivity index (χ3n) is 1.53. The van der Waals surface area contributed by atoms with E-state index in [2.05, 4.69) is 0 Å². The molecule has 0 aliphatic heterocycles. The molecule has 0 bridgehead atoms. The lowest BCUT2D eigenvalue weighted by atomic mass is 9.99. The lowest BCUT2D eigenvalue weighted by Crippen LogP contribution is -2.24. The summed E-state index contributed by atoms with van der Waals surface area (Å²) in [6, 6.07) is 0. The van der Waals surface area contributed by atoms with Crippen LogP contribution in [0.3, 0.4) is 0 Å². The Balaban J connectivity index is 3.57. The molecule has 1 unspecified atom stereocenters. The Morgan fingerprint density at radius 2 is 2.08 bits per heavy atom. The van der Waals surface area contributed by atoms with Crippen LogP contribution < -0.4 is 5.73 Å². The number of hydrogen-bond donors (Lipinski definition) is 3. The third-order valence-corrected chi connectivity index (χ3v) is 1.53. The summed E-state index contributed by atoms with van der Waals surface area (Å²) < 4.78 is 0. The molecule has 72 valence electrons. The average Bonchev–Trinajstić information content (AvgIpc) is 1.80. The lowest BCUT2D eigenvalue weighted by molar-refractivity contribution is -0.120. The standard InChI is InChI=1S/C8H17NO3/c1-8(2,12)4-3-6(10)5-7(9)11/h6,10,12H,3-5H2,1-2H3,(H2,9,11). The first-order valence-corrected chi connectivity index (χ1v) is 4.00. The molecule has 0 spiro atoms. The zero-order valence-corrected chi connectivity index (χ0v) is 7.58. The van der Waals surface area contributed by atoms with Gasteiger partial charge in [0.1, 0.15) is 0 Å². The first-order chi connectivity index (χ1) is 5.31. The minimum absolute atomic E-state index is 0.0317. The molecule has 4 nitrogen and oxygen atoms in total. The monoisotopic (exact) mass is 175 g/mol. The Morgan fingerprint density at radius 1 is 1.58 bits per heavy atom. The molecular weight excluding hydrogens is 158 g/mol. The van der Waals surface area contributed by atoms with Gasteiger partial charge in [0.2, 0.25) is 5.91 Å². The SMILES string of the molecule is CC(C)(O)CCC(O)CC(N)=O. The van der Waals surface area contributed by atoms with Crippen LogP contribution in [0.2, 0.25) is 0 Å². The Kier molecular flexibility index (Phi) is 4.20. The Bertz CT molecular complexity index is 151. The maximum absolute atomic E-state index is 10.3. The molecule has 12 heavy (non-hydrogen) atoms. The van der Waals surface area contributed by atoms with Gasteiger partial charge >= 0.3 is 0 Å². The first-order valence-electron chi connectivity index (χ1n) is 4.00. The smallest absolute Gasteiger partial charge is 0.220 e. The number of carbonyl (C=O) groups is 1. The van der Waals surface area contributed by atoms with Crippen molar-refractivity contribution in [1.29, 1.82) is 0 Å². The molecule has 0 saturated carbocycles. The zero-order valence-electron chi connectivity index (χ0n) is 7.58. The summed E-state index contributed by atoms with van der Waals surface area (Å²) in [6.45, 7) is 3.31. The van der Waals surface area contributed by atoms with Gasteiger partial charge in [0, 0.05) is 0 Å². The predicted octanol–water partition coefficient (Wildman–Crippen LogP) is -0.226. The summed E-state index contributed by atoms with van der Waals surface area (Å²) in [7, 11) is 0. The molecule has 4 N–H and O–H groups in total. The van der Waals surface area contributed by atoms with Crippen molar-refractivity contribution in [3.63, 3.8) is 0 Å². The topological polar surface area (TPSA) is 83.6 Å². The Labute approximate surface area is 72.4 Å². The van der Waals surface area contributed by atoms with E-state index >= 15 is 0 Å². The molecule has 1 amide bonds. The van der Waals surface area contributed by atoms with E-state index in [0.29, 0.717) is 12.8 Å². The van der Waals surface area contributed by atoms with Gasteiger partial charge < -0.3 is 15.9 Å². The molecular formula is C8H17NO3. The van der Waals surface area contributed by atoms with Crippen molar-refractivity contribution in [3.8, 4) is 0 Å². The number of carbonyl (C=O) groups excluding carboxylic acids is 1. The van der Waals surface area contributed by atoms with Crippen LogP contribution in [0.5, 0.6) is 0 Å². The lowest BCUT2D eigenvalue weighted by Gasteiger charge is -2.18. The highest BCUT2D eigenvalue weighted by Crippen LogP contribution is 2.13. The fraction of sp³-hybridized carbons (Fsp3) is 0.875. The minimum atomic E-state index is -0.793. The second kappa shape index (κ2) is 4.42. The number of hydrogen-bond acceptors (Lipinski definition) is 3. The number of nitrogens with two attached hydrogens (primary N) is 1. The molecule has 0 aromatic carbocycles. The van der Waals surface area contributed by atoms with Crippen LogP contribution in [-0.4, -0.2) is 27.8 Å². The second-order valence-electron chi connectivity index (χ2n) is 3.68. The molecule has 0 fully saturated rings. The first kappa shape index (κ1) is 11.4. The van der Waals surface area contributed by atoms with Gasteiger partial charge in [-0.3, -0.25) is 4.79 Å². The van der Waals surface area contributed by atoms with Crippen LogP contribution in [0.15, 0.2) is 0 Å². The molecule has 0 aliphatic rings. The Morgan fingerprint density at radius 3 is 2.42 bits per heavy atom. The molecule has 1 atom stereocenters. The van der Waals surface area contributed by atoms with Crippen LogP contribution in [0.1, 0.15) is 33.1 Å². The van der Waals surface area contributed by atoms with Crippen molar-refractivity contribution in [2.45, 2.75) is 44.8 Å². The van der Waals surface area contributed by atoms with E-state index in [9.17, 15) is 15.0 Å². The van der Waals surface area contributed by atoms with Crippen LogP contribution in [-0.2, 0) is 4.79 Å². The molecule has 4 heteroatoms. The summed E-state index contributed by atoms with van der Waals surface area (Å²) in [5, 5.41) is 18.4. The van der Waals surface area contributed by atoms with Gasteiger partial charge in [-0.2, -0.15) is 0 Å². The Hall–Kier alpha value is -0.610. The van der Waals surface area contributed by atoms with E-state index in [4.69, 9.17) is 5.73 Å². The van der Waals surface area contributed by atoms with Crippen LogP contribution >= 0.6 is 0 Å². The van der Waals surface area contributed by atoms with Crippen molar-refractivity contribution >= 4 is 5.91 Å². The maximum Gasteiger partial charge on any atom is 0.220 e. The van der Waals surface area contributed by atoms with E-state index < -0.39 is 17.6 Å². The van der Waals surface area contributed by atoms with Gasteiger partial charge in [-0.15, -0.1) is 0 Å². The van der Waals surface area contributed by atoms with Crippen LogP contribution in [0, 0.1) is 0 Å². The van der Waals surface area contributed by atoms with Gasteiger partial charge in [0.25, 0.3) is 0 Å². The van der Waals surface area contributed by atoms with Gasteiger partial charge in [-0.05, 0) is 26.7 Å². The molecule has 0 rings (SSSR count). The summed E-state index contributed by atoms with van der Waals surface area (Å²) in [4.78, 5) is 10.3. The van der Waals surface area contributed by atoms with Crippen LogP contribution in [0.25, 0.3) is 0 Å².